The van der Waals surface area contributed by atoms with Crippen molar-refractivity contribution in [2.24, 2.45) is 5.92 Å². The number of hydrogen-bond acceptors (Lipinski definition) is 3. The quantitative estimate of drug-likeness (QED) is 0.771. The van der Waals surface area contributed by atoms with Crippen molar-refractivity contribution >= 4 is 11.5 Å². The van der Waals surface area contributed by atoms with Gasteiger partial charge in [0, 0.05) is 50.4 Å². The van der Waals surface area contributed by atoms with Gasteiger partial charge in [-0.15, -0.1) is 0 Å². The molecule has 20 heavy (non-hydrogen) atoms. The molecule has 0 aromatic heterocycles. The summed E-state index contributed by atoms with van der Waals surface area (Å²) in [4.78, 5) is 16.9. The van der Waals surface area contributed by atoms with Gasteiger partial charge in [-0.2, -0.15) is 0 Å². The molecule has 0 bridgehead atoms. The van der Waals surface area contributed by atoms with E-state index in [9.17, 15) is 4.79 Å². The first kappa shape index (κ1) is 15.0. The van der Waals surface area contributed by atoms with Gasteiger partial charge in [0.15, 0.2) is 5.78 Å². The van der Waals surface area contributed by atoms with E-state index in [1.807, 2.05) is 25.1 Å². The molecule has 0 unspecified atom stereocenters. The Hall–Kier alpha value is -1.35. The van der Waals surface area contributed by atoms with Gasteiger partial charge in [-0.05, 0) is 18.1 Å². The molecule has 0 N–H and O–H groups in total. The third-order valence-corrected chi connectivity index (χ3v) is 3.86. The van der Waals surface area contributed by atoms with E-state index in [1.165, 1.54) is 6.54 Å². The number of nitrogens with zero attached hydrogens (tertiary/aromatic N) is 2. The lowest BCUT2D eigenvalue weighted by molar-refractivity contribution is 0.0988. The smallest absolute Gasteiger partial charge is 0.164 e. The molecule has 0 atom stereocenters. The van der Waals surface area contributed by atoms with Crippen molar-refractivity contribution < 1.29 is 4.79 Å². The first-order chi connectivity index (χ1) is 9.61. The Morgan fingerprint density at radius 3 is 2.40 bits per heavy atom. The van der Waals surface area contributed by atoms with Crippen molar-refractivity contribution in [3.05, 3.63) is 29.8 Å². The lowest BCUT2D eigenvalue weighted by Gasteiger charge is -2.37. The zero-order valence-corrected chi connectivity index (χ0v) is 12.9. The minimum atomic E-state index is 0.241. The highest BCUT2D eigenvalue weighted by molar-refractivity contribution is 6.01. The van der Waals surface area contributed by atoms with Gasteiger partial charge in [-0.1, -0.05) is 32.9 Å². The molecule has 110 valence electrons. The summed E-state index contributed by atoms with van der Waals surface area (Å²) in [5.41, 5.74) is 2.00. The third kappa shape index (κ3) is 3.60. The number of hydrogen-bond donors (Lipinski definition) is 0. The highest BCUT2D eigenvalue weighted by Gasteiger charge is 2.20. The number of ketones is 1. The third-order valence-electron chi connectivity index (χ3n) is 3.86. The summed E-state index contributed by atoms with van der Waals surface area (Å²) < 4.78 is 0. The van der Waals surface area contributed by atoms with E-state index >= 15 is 0 Å². The second kappa shape index (κ2) is 6.89. The van der Waals surface area contributed by atoms with Crippen molar-refractivity contribution in [2.45, 2.75) is 27.2 Å². The zero-order valence-electron chi connectivity index (χ0n) is 12.9. The van der Waals surface area contributed by atoms with Crippen molar-refractivity contribution in [1.82, 2.24) is 4.90 Å². The van der Waals surface area contributed by atoms with Crippen LogP contribution in [-0.4, -0.2) is 43.4 Å². The Morgan fingerprint density at radius 2 is 1.80 bits per heavy atom. The van der Waals surface area contributed by atoms with Crippen molar-refractivity contribution in [3.63, 3.8) is 0 Å². The molecule has 0 saturated carbocycles. The average Bonchev–Trinajstić information content (AvgIpc) is 2.46. The Balaban J connectivity index is 2.05. The Bertz CT molecular complexity index is 448. The molecule has 2 rings (SSSR count). The summed E-state index contributed by atoms with van der Waals surface area (Å²) in [6.45, 7) is 11.8. The highest BCUT2D eigenvalue weighted by Crippen LogP contribution is 2.23. The molecule has 1 aromatic carbocycles. The second-order valence-corrected chi connectivity index (χ2v) is 5.98. The molecule has 1 aliphatic heterocycles. The first-order valence-electron chi connectivity index (χ1n) is 7.71. The van der Waals surface area contributed by atoms with Crippen LogP contribution in [0, 0.1) is 5.92 Å². The molecule has 1 fully saturated rings. The van der Waals surface area contributed by atoms with Gasteiger partial charge in [0.2, 0.25) is 0 Å². The van der Waals surface area contributed by atoms with Gasteiger partial charge < -0.3 is 4.90 Å². The number of carbonyl (C=O) groups excluding carboxylic acids is 1. The van der Waals surface area contributed by atoms with Crippen LogP contribution < -0.4 is 4.90 Å². The van der Waals surface area contributed by atoms with Gasteiger partial charge in [-0.25, -0.2) is 0 Å². The van der Waals surface area contributed by atoms with Crippen LogP contribution in [-0.2, 0) is 0 Å². The van der Waals surface area contributed by atoms with Crippen LogP contribution in [0.5, 0.6) is 0 Å². The monoisotopic (exact) mass is 274 g/mol. The van der Waals surface area contributed by atoms with Gasteiger partial charge in [0.1, 0.15) is 0 Å². The van der Waals surface area contributed by atoms with Crippen LogP contribution >= 0.6 is 0 Å². The summed E-state index contributed by atoms with van der Waals surface area (Å²) in [7, 11) is 0. The number of piperazine rings is 1. The van der Waals surface area contributed by atoms with Crippen LogP contribution in [0.1, 0.15) is 37.6 Å². The largest absolute Gasteiger partial charge is 0.368 e. The summed E-state index contributed by atoms with van der Waals surface area (Å²) in [5, 5.41) is 0. The molecule has 3 nitrogen and oxygen atoms in total. The fraction of sp³-hybridized carbons (Fsp3) is 0.588. The molecular weight excluding hydrogens is 248 g/mol. The molecule has 0 aliphatic carbocycles. The van der Waals surface area contributed by atoms with Crippen LogP contribution in [0.15, 0.2) is 24.3 Å². The number of carbonyl (C=O) groups is 1. The minimum Gasteiger partial charge on any atom is -0.368 e. The summed E-state index contributed by atoms with van der Waals surface area (Å²) in [5.74, 6) is 0.959. The standard InChI is InChI=1S/C17H26N2O/c1-4-17(20)15-7-5-6-8-16(15)19-11-9-18(10-12-19)13-14(2)3/h5-8,14H,4,9-13H2,1-3H3. The number of benzene rings is 1. The van der Waals surface area contributed by atoms with Crippen LogP contribution in [0.3, 0.4) is 0 Å². The van der Waals surface area contributed by atoms with E-state index in [0.29, 0.717) is 6.42 Å². The fourth-order valence-electron chi connectivity index (χ4n) is 2.86. The van der Waals surface area contributed by atoms with Gasteiger partial charge >= 0.3 is 0 Å². The average molecular weight is 274 g/mol. The van der Waals surface area contributed by atoms with Gasteiger partial charge in [0.05, 0.1) is 0 Å². The lowest BCUT2D eigenvalue weighted by Crippen LogP contribution is -2.47. The Morgan fingerprint density at radius 1 is 1.15 bits per heavy atom. The van der Waals surface area contributed by atoms with E-state index in [2.05, 4.69) is 29.7 Å². The highest BCUT2D eigenvalue weighted by atomic mass is 16.1. The SMILES string of the molecule is CCC(=O)c1ccccc1N1CCN(CC(C)C)CC1. The number of anilines is 1. The Labute approximate surface area is 122 Å². The van der Waals surface area contributed by atoms with E-state index in [0.717, 1.165) is 43.3 Å². The molecule has 0 amide bonds. The van der Waals surface area contributed by atoms with E-state index < -0.39 is 0 Å². The van der Waals surface area contributed by atoms with Crippen molar-refractivity contribution in [2.75, 3.05) is 37.6 Å². The van der Waals surface area contributed by atoms with Gasteiger partial charge in [-0.3, -0.25) is 9.69 Å². The number of rotatable bonds is 5. The lowest BCUT2D eigenvalue weighted by atomic mass is 10.0. The minimum absolute atomic E-state index is 0.241. The summed E-state index contributed by atoms with van der Waals surface area (Å²) in [6.07, 6.45) is 0.574. The predicted octanol–water partition coefficient (Wildman–Crippen LogP) is 3.06. The molecule has 0 spiro atoms. The molecule has 3 heteroatoms. The van der Waals surface area contributed by atoms with Crippen LogP contribution in [0.4, 0.5) is 5.69 Å². The molecule has 0 radical (unpaired) electrons. The Kier molecular flexibility index (Phi) is 5.18. The van der Waals surface area contributed by atoms with Gasteiger partial charge in [0.25, 0.3) is 0 Å². The van der Waals surface area contributed by atoms with E-state index in [-0.39, 0.29) is 5.78 Å². The fourth-order valence-corrected chi connectivity index (χ4v) is 2.86. The summed E-state index contributed by atoms with van der Waals surface area (Å²) in [6, 6.07) is 8.03. The predicted molar refractivity (Wildman–Crippen MR) is 84.6 cm³/mol. The number of para-hydroxylation sites is 1. The van der Waals surface area contributed by atoms with Crippen LogP contribution in [0.2, 0.25) is 0 Å². The maximum Gasteiger partial charge on any atom is 0.164 e. The maximum atomic E-state index is 12.0. The molecule has 1 saturated heterocycles. The van der Waals surface area contributed by atoms with Crippen molar-refractivity contribution in [3.8, 4) is 0 Å². The molecular formula is C17H26N2O. The summed E-state index contributed by atoms with van der Waals surface area (Å²) >= 11 is 0. The molecule has 1 aromatic rings. The van der Waals surface area contributed by atoms with E-state index in [1.54, 1.807) is 0 Å². The number of Topliss-reactive ketones (excluding diaryl/α,β-unsaturated/α-hetero) is 1. The molecule has 1 heterocycles. The maximum absolute atomic E-state index is 12.0. The second-order valence-electron chi connectivity index (χ2n) is 5.98. The zero-order chi connectivity index (χ0) is 14.5. The first-order valence-corrected chi connectivity index (χ1v) is 7.71. The van der Waals surface area contributed by atoms with E-state index in [4.69, 9.17) is 0 Å². The topological polar surface area (TPSA) is 23.6 Å². The molecule has 1 aliphatic rings. The van der Waals surface area contributed by atoms with Crippen molar-refractivity contribution in [1.29, 1.82) is 0 Å². The normalized spacial score (nSPS) is 16.7. The van der Waals surface area contributed by atoms with Crippen LogP contribution in [0.25, 0.3) is 0 Å².